The van der Waals surface area contributed by atoms with E-state index in [9.17, 15) is 9.18 Å². The van der Waals surface area contributed by atoms with Gasteiger partial charge in [-0.3, -0.25) is 4.79 Å². The molecule has 1 amide bonds. The number of amides is 1. The van der Waals surface area contributed by atoms with Crippen LogP contribution in [0.1, 0.15) is 16.9 Å². The molecule has 2 rings (SSSR count). The van der Waals surface area contributed by atoms with Crippen LogP contribution in [0.25, 0.3) is 0 Å². The van der Waals surface area contributed by atoms with Gasteiger partial charge in [-0.1, -0.05) is 6.07 Å². The Morgan fingerprint density at radius 3 is 2.81 bits per heavy atom. The molecule has 0 aliphatic heterocycles. The molecule has 1 aromatic carbocycles. The fourth-order valence-corrected chi connectivity index (χ4v) is 3.27. The van der Waals surface area contributed by atoms with Crippen molar-refractivity contribution in [2.24, 2.45) is 0 Å². The van der Waals surface area contributed by atoms with Crippen molar-refractivity contribution in [2.75, 3.05) is 7.11 Å². The maximum absolute atomic E-state index is 13.5. The van der Waals surface area contributed by atoms with Crippen LogP contribution in [-0.4, -0.2) is 13.0 Å². The van der Waals surface area contributed by atoms with Crippen molar-refractivity contribution in [3.05, 3.63) is 50.4 Å². The van der Waals surface area contributed by atoms with Crippen molar-refractivity contribution in [1.82, 2.24) is 5.32 Å². The predicted octanol–water partition coefficient (Wildman–Crippen LogP) is 3.91. The lowest BCUT2D eigenvalue weighted by atomic mass is 10.1. The van der Waals surface area contributed by atoms with E-state index >= 15 is 0 Å². The van der Waals surface area contributed by atoms with Gasteiger partial charge in [0.05, 0.1) is 17.4 Å². The van der Waals surface area contributed by atoms with Gasteiger partial charge in [0.2, 0.25) is 5.91 Å². The highest BCUT2D eigenvalue weighted by Crippen LogP contribution is 2.22. The van der Waals surface area contributed by atoms with E-state index in [1.807, 2.05) is 12.1 Å². The first-order valence-corrected chi connectivity index (χ1v) is 8.03. The van der Waals surface area contributed by atoms with Gasteiger partial charge < -0.3 is 10.1 Å². The second-order valence-corrected chi connectivity index (χ2v) is 7.00. The first kappa shape index (κ1) is 16.0. The lowest BCUT2D eigenvalue weighted by Gasteiger charge is -2.06. The average Bonchev–Trinajstić information content (AvgIpc) is 2.89. The molecule has 6 heteroatoms. The minimum absolute atomic E-state index is 0.0456. The van der Waals surface area contributed by atoms with E-state index in [4.69, 9.17) is 4.74 Å². The highest BCUT2D eigenvalue weighted by molar-refractivity contribution is 9.11. The third-order valence-corrected chi connectivity index (χ3v) is 4.57. The van der Waals surface area contributed by atoms with Crippen LogP contribution in [0.2, 0.25) is 0 Å². The third-order valence-electron chi connectivity index (χ3n) is 2.95. The first-order chi connectivity index (χ1) is 10.1. The van der Waals surface area contributed by atoms with Gasteiger partial charge in [0.15, 0.2) is 11.6 Å². The van der Waals surface area contributed by atoms with Crippen LogP contribution in [0.3, 0.4) is 0 Å². The fraction of sp³-hybridized carbons (Fsp3) is 0.267. The summed E-state index contributed by atoms with van der Waals surface area (Å²) < 4.78 is 19.4. The van der Waals surface area contributed by atoms with Crippen molar-refractivity contribution < 1.29 is 13.9 Å². The quantitative estimate of drug-likeness (QED) is 0.835. The molecule has 0 radical (unpaired) electrons. The van der Waals surface area contributed by atoms with E-state index in [-0.39, 0.29) is 11.7 Å². The van der Waals surface area contributed by atoms with E-state index in [0.717, 1.165) is 14.2 Å². The average molecular weight is 372 g/mol. The molecule has 0 fully saturated rings. The molecule has 1 aromatic heterocycles. The zero-order valence-electron chi connectivity index (χ0n) is 11.5. The van der Waals surface area contributed by atoms with Gasteiger partial charge in [-0.15, -0.1) is 11.3 Å². The second-order valence-electron chi connectivity index (χ2n) is 4.45. The highest BCUT2D eigenvalue weighted by atomic mass is 79.9. The molecule has 21 heavy (non-hydrogen) atoms. The summed E-state index contributed by atoms with van der Waals surface area (Å²) >= 11 is 4.97. The largest absolute Gasteiger partial charge is 0.494 e. The van der Waals surface area contributed by atoms with Crippen LogP contribution in [-0.2, 0) is 17.8 Å². The molecule has 0 saturated heterocycles. The standard InChI is InChI=1S/C15H15BrFNO2S/c1-20-13-5-2-10(8-12(13)17)3-7-15(19)18-9-11-4-6-14(16)21-11/h2,4-6,8H,3,7,9H2,1H3,(H,18,19). The molecule has 0 aliphatic rings. The van der Waals surface area contributed by atoms with Gasteiger partial charge in [0.1, 0.15) is 0 Å². The van der Waals surface area contributed by atoms with Crippen molar-refractivity contribution >= 4 is 33.2 Å². The lowest BCUT2D eigenvalue weighted by Crippen LogP contribution is -2.22. The molecular formula is C15H15BrFNO2S. The van der Waals surface area contributed by atoms with E-state index in [1.54, 1.807) is 23.5 Å². The van der Waals surface area contributed by atoms with E-state index in [1.165, 1.54) is 13.2 Å². The Labute approximate surface area is 135 Å². The minimum Gasteiger partial charge on any atom is -0.494 e. The molecule has 0 aliphatic carbocycles. The van der Waals surface area contributed by atoms with Crippen molar-refractivity contribution in [3.63, 3.8) is 0 Å². The minimum atomic E-state index is -0.404. The Kier molecular flexibility index (Phi) is 5.76. The number of carbonyl (C=O) groups is 1. The Morgan fingerprint density at radius 1 is 1.38 bits per heavy atom. The molecule has 0 spiro atoms. The SMILES string of the molecule is COc1ccc(CCC(=O)NCc2ccc(Br)s2)cc1F. The molecule has 0 unspecified atom stereocenters. The van der Waals surface area contributed by atoms with Crippen molar-refractivity contribution in [1.29, 1.82) is 0 Å². The maximum Gasteiger partial charge on any atom is 0.220 e. The summed E-state index contributed by atoms with van der Waals surface area (Å²) in [6, 6.07) is 8.67. The highest BCUT2D eigenvalue weighted by Gasteiger charge is 2.07. The zero-order valence-corrected chi connectivity index (χ0v) is 13.9. The number of carbonyl (C=O) groups excluding carboxylic acids is 1. The first-order valence-electron chi connectivity index (χ1n) is 6.42. The predicted molar refractivity (Wildman–Crippen MR) is 85.1 cm³/mol. The molecule has 2 aromatic rings. The molecule has 0 atom stereocenters. The number of aryl methyl sites for hydroxylation is 1. The fourth-order valence-electron chi connectivity index (χ4n) is 1.84. The Bertz CT molecular complexity index is 630. The van der Waals surface area contributed by atoms with Gasteiger partial charge >= 0.3 is 0 Å². The molecular weight excluding hydrogens is 357 g/mol. The molecule has 1 N–H and O–H groups in total. The number of benzene rings is 1. The Morgan fingerprint density at radius 2 is 2.19 bits per heavy atom. The molecule has 0 saturated carbocycles. The number of thiophene rings is 1. The smallest absolute Gasteiger partial charge is 0.220 e. The maximum atomic E-state index is 13.5. The zero-order chi connectivity index (χ0) is 15.2. The summed E-state index contributed by atoms with van der Waals surface area (Å²) in [6.07, 6.45) is 0.833. The number of nitrogens with one attached hydrogen (secondary N) is 1. The van der Waals surface area contributed by atoms with E-state index < -0.39 is 5.82 Å². The van der Waals surface area contributed by atoms with Crippen LogP contribution >= 0.6 is 27.3 Å². The molecule has 112 valence electrons. The number of halogens is 2. The van der Waals surface area contributed by atoms with Crippen LogP contribution in [0, 0.1) is 5.82 Å². The number of hydrogen-bond acceptors (Lipinski definition) is 3. The summed E-state index contributed by atoms with van der Waals surface area (Å²) in [6.45, 7) is 0.520. The third kappa shape index (κ3) is 4.82. The topological polar surface area (TPSA) is 38.3 Å². The molecule has 3 nitrogen and oxygen atoms in total. The molecule has 0 bridgehead atoms. The monoisotopic (exact) mass is 371 g/mol. The van der Waals surface area contributed by atoms with Crippen LogP contribution in [0.5, 0.6) is 5.75 Å². The van der Waals surface area contributed by atoms with Gasteiger partial charge in [0, 0.05) is 11.3 Å². The Balaban J connectivity index is 1.79. The van der Waals surface area contributed by atoms with Crippen LogP contribution in [0.4, 0.5) is 4.39 Å². The second kappa shape index (κ2) is 7.56. The van der Waals surface area contributed by atoms with Gasteiger partial charge in [-0.05, 0) is 52.2 Å². The summed E-state index contributed by atoms with van der Waals surface area (Å²) in [5.41, 5.74) is 0.780. The van der Waals surface area contributed by atoms with Crippen molar-refractivity contribution in [2.45, 2.75) is 19.4 Å². The summed E-state index contributed by atoms with van der Waals surface area (Å²) in [4.78, 5) is 12.9. The summed E-state index contributed by atoms with van der Waals surface area (Å²) in [5, 5.41) is 2.85. The van der Waals surface area contributed by atoms with E-state index in [0.29, 0.717) is 19.4 Å². The van der Waals surface area contributed by atoms with Crippen LogP contribution in [0.15, 0.2) is 34.1 Å². The summed E-state index contributed by atoms with van der Waals surface area (Å²) in [7, 11) is 1.43. The van der Waals surface area contributed by atoms with E-state index in [2.05, 4.69) is 21.2 Å². The van der Waals surface area contributed by atoms with Crippen molar-refractivity contribution in [3.8, 4) is 5.75 Å². The number of rotatable bonds is 6. The molecule has 1 heterocycles. The summed E-state index contributed by atoms with van der Waals surface area (Å²) in [5.74, 6) is -0.235. The van der Waals surface area contributed by atoms with Gasteiger partial charge in [-0.2, -0.15) is 0 Å². The number of methoxy groups -OCH3 is 1. The Hall–Kier alpha value is -1.40. The van der Waals surface area contributed by atoms with Gasteiger partial charge in [0.25, 0.3) is 0 Å². The van der Waals surface area contributed by atoms with Crippen LogP contribution < -0.4 is 10.1 Å². The lowest BCUT2D eigenvalue weighted by molar-refractivity contribution is -0.121. The normalized spacial score (nSPS) is 10.4. The number of hydrogen-bond donors (Lipinski definition) is 1. The number of ether oxygens (including phenoxy) is 1. The van der Waals surface area contributed by atoms with Gasteiger partial charge in [-0.25, -0.2) is 4.39 Å².